The Morgan fingerprint density at radius 1 is 1.33 bits per heavy atom. The smallest absolute Gasteiger partial charge is 0.0652 e. The lowest BCUT2D eigenvalue weighted by atomic mass is 10.0. The zero-order chi connectivity index (χ0) is 13.0. The molecule has 2 rings (SSSR count). The number of pyridine rings is 1. The maximum atomic E-state index is 6.26. The summed E-state index contributed by atoms with van der Waals surface area (Å²) in [6, 6.07) is 0.188. The molecule has 1 fully saturated rings. The molecule has 1 N–H and O–H groups in total. The Kier molecular flexibility index (Phi) is 5.01. The molecule has 0 aromatic carbocycles. The van der Waals surface area contributed by atoms with Crippen molar-refractivity contribution in [2.75, 3.05) is 26.2 Å². The van der Waals surface area contributed by atoms with Crippen molar-refractivity contribution in [3.8, 4) is 0 Å². The summed E-state index contributed by atoms with van der Waals surface area (Å²) in [6.07, 6.45) is 6.06. The van der Waals surface area contributed by atoms with Gasteiger partial charge in [-0.25, -0.2) is 0 Å². The molecule has 1 aliphatic rings. The average molecular weight is 286 g/mol. The fraction of sp³-hybridized carbons (Fsp3) is 0.462. The quantitative estimate of drug-likeness (QED) is 0.863. The second-order valence-corrected chi connectivity index (χ2v) is 5.16. The molecule has 0 saturated carbocycles. The van der Waals surface area contributed by atoms with Crippen LogP contribution in [0.25, 0.3) is 0 Å². The molecule has 1 aromatic rings. The third-order valence-corrected chi connectivity index (χ3v) is 3.81. The van der Waals surface area contributed by atoms with Crippen molar-refractivity contribution in [3.05, 3.63) is 40.7 Å². The van der Waals surface area contributed by atoms with Gasteiger partial charge in [-0.05, 0) is 6.42 Å². The lowest BCUT2D eigenvalue weighted by molar-refractivity contribution is 0.174. The number of rotatable bonds is 4. The monoisotopic (exact) mass is 285 g/mol. The van der Waals surface area contributed by atoms with Gasteiger partial charge in [0, 0.05) is 50.2 Å². The van der Waals surface area contributed by atoms with Crippen LogP contribution in [-0.4, -0.2) is 36.1 Å². The molecule has 0 aliphatic carbocycles. The van der Waals surface area contributed by atoms with Gasteiger partial charge in [0.15, 0.2) is 0 Å². The van der Waals surface area contributed by atoms with Gasteiger partial charge in [-0.2, -0.15) is 0 Å². The number of hydrogen-bond acceptors (Lipinski definition) is 3. The van der Waals surface area contributed by atoms with Crippen LogP contribution in [0.5, 0.6) is 0 Å². The van der Waals surface area contributed by atoms with E-state index in [1.165, 1.54) is 0 Å². The summed E-state index contributed by atoms with van der Waals surface area (Å²) >= 11 is 12.5. The van der Waals surface area contributed by atoms with Crippen LogP contribution in [0.2, 0.25) is 10.0 Å². The fourth-order valence-corrected chi connectivity index (χ4v) is 2.96. The number of hydrogen-bond donors (Lipinski definition) is 1. The van der Waals surface area contributed by atoms with Gasteiger partial charge < -0.3 is 5.32 Å². The lowest BCUT2D eigenvalue weighted by Gasteiger charge is -2.35. The van der Waals surface area contributed by atoms with Crippen molar-refractivity contribution >= 4 is 23.2 Å². The minimum Gasteiger partial charge on any atom is -0.314 e. The van der Waals surface area contributed by atoms with Crippen LogP contribution in [0.15, 0.2) is 25.0 Å². The van der Waals surface area contributed by atoms with Gasteiger partial charge in [0.1, 0.15) is 0 Å². The number of halogens is 2. The van der Waals surface area contributed by atoms with Crippen molar-refractivity contribution in [2.45, 2.75) is 12.5 Å². The third-order valence-electron chi connectivity index (χ3n) is 3.21. The Morgan fingerprint density at radius 3 is 2.50 bits per heavy atom. The minimum absolute atomic E-state index is 0.188. The first-order valence-electron chi connectivity index (χ1n) is 6.08. The van der Waals surface area contributed by atoms with Crippen LogP contribution in [-0.2, 0) is 0 Å². The van der Waals surface area contributed by atoms with Crippen molar-refractivity contribution in [2.24, 2.45) is 0 Å². The van der Waals surface area contributed by atoms with Gasteiger partial charge >= 0.3 is 0 Å². The molecular formula is C13H17Cl2N3. The molecule has 2 heterocycles. The van der Waals surface area contributed by atoms with E-state index in [0.717, 1.165) is 38.2 Å². The second kappa shape index (κ2) is 6.53. The van der Waals surface area contributed by atoms with E-state index in [0.29, 0.717) is 10.0 Å². The third kappa shape index (κ3) is 3.04. The highest BCUT2D eigenvalue weighted by atomic mass is 35.5. The van der Waals surface area contributed by atoms with E-state index in [1.807, 2.05) is 6.08 Å². The molecule has 98 valence electrons. The van der Waals surface area contributed by atoms with E-state index in [4.69, 9.17) is 23.2 Å². The Labute approximate surface area is 118 Å². The lowest BCUT2D eigenvalue weighted by Crippen LogP contribution is -2.45. The van der Waals surface area contributed by atoms with Crippen LogP contribution in [0.3, 0.4) is 0 Å². The SMILES string of the molecule is C=CC[C@H](c1c(Cl)cncc1Cl)N1CCNCC1. The molecule has 1 aromatic heterocycles. The van der Waals surface area contributed by atoms with Gasteiger partial charge in [0.05, 0.1) is 10.0 Å². The molecule has 1 atom stereocenters. The second-order valence-electron chi connectivity index (χ2n) is 4.34. The van der Waals surface area contributed by atoms with Gasteiger partial charge in [-0.1, -0.05) is 29.3 Å². The molecule has 3 nitrogen and oxygen atoms in total. The van der Waals surface area contributed by atoms with Crippen LogP contribution < -0.4 is 5.32 Å². The number of piperazine rings is 1. The Balaban J connectivity index is 2.30. The summed E-state index contributed by atoms with van der Waals surface area (Å²) in [5, 5.41) is 4.61. The Bertz CT molecular complexity index is 396. The van der Waals surface area contributed by atoms with Crippen molar-refractivity contribution in [3.63, 3.8) is 0 Å². The molecule has 0 amide bonds. The van der Waals surface area contributed by atoms with E-state index in [1.54, 1.807) is 12.4 Å². The van der Waals surface area contributed by atoms with Gasteiger partial charge in [0.2, 0.25) is 0 Å². The predicted octanol–water partition coefficient (Wildman–Crippen LogP) is 2.91. The molecule has 0 bridgehead atoms. The molecule has 0 spiro atoms. The van der Waals surface area contributed by atoms with Gasteiger partial charge in [-0.15, -0.1) is 6.58 Å². The zero-order valence-corrected chi connectivity index (χ0v) is 11.7. The molecule has 1 aliphatic heterocycles. The summed E-state index contributed by atoms with van der Waals surface area (Å²) in [6.45, 7) is 7.81. The topological polar surface area (TPSA) is 28.2 Å². The summed E-state index contributed by atoms with van der Waals surface area (Å²) in [7, 11) is 0. The maximum absolute atomic E-state index is 6.26. The Hall–Kier alpha value is -0.610. The first-order valence-corrected chi connectivity index (χ1v) is 6.84. The molecule has 5 heteroatoms. The van der Waals surface area contributed by atoms with E-state index >= 15 is 0 Å². The number of aromatic nitrogens is 1. The fourth-order valence-electron chi connectivity index (χ4n) is 2.34. The summed E-state index contributed by atoms with van der Waals surface area (Å²) in [5.74, 6) is 0. The largest absolute Gasteiger partial charge is 0.314 e. The normalized spacial score (nSPS) is 18.6. The highest BCUT2D eigenvalue weighted by molar-refractivity contribution is 6.35. The van der Waals surface area contributed by atoms with Crippen molar-refractivity contribution < 1.29 is 0 Å². The first kappa shape index (κ1) is 13.8. The molecular weight excluding hydrogens is 269 g/mol. The summed E-state index contributed by atoms with van der Waals surface area (Å²) in [4.78, 5) is 6.41. The highest BCUT2D eigenvalue weighted by Crippen LogP contribution is 2.35. The zero-order valence-electron chi connectivity index (χ0n) is 10.2. The minimum atomic E-state index is 0.188. The predicted molar refractivity (Wildman–Crippen MR) is 76.3 cm³/mol. The van der Waals surface area contributed by atoms with E-state index < -0.39 is 0 Å². The van der Waals surface area contributed by atoms with Crippen LogP contribution in [0.4, 0.5) is 0 Å². The van der Waals surface area contributed by atoms with Crippen LogP contribution >= 0.6 is 23.2 Å². The highest BCUT2D eigenvalue weighted by Gasteiger charge is 2.25. The van der Waals surface area contributed by atoms with E-state index in [9.17, 15) is 0 Å². The Morgan fingerprint density at radius 2 is 1.94 bits per heavy atom. The molecule has 0 radical (unpaired) electrons. The number of nitrogens with one attached hydrogen (secondary N) is 1. The maximum Gasteiger partial charge on any atom is 0.0652 e. The van der Waals surface area contributed by atoms with Crippen LogP contribution in [0, 0.1) is 0 Å². The number of nitrogens with zero attached hydrogens (tertiary/aromatic N) is 2. The molecule has 1 saturated heterocycles. The van der Waals surface area contributed by atoms with Gasteiger partial charge in [-0.3, -0.25) is 9.88 Å². The average Bonchev–Trinajstić information content (AvgIpc) is 2.38. The van der Waals surface area contributed by atoms with Crippen LogP contribution in [0.1, 0.15) is 18.0 Å². The summed E-state index contributed by atoms with van der Waals surface area (Å²) in [5.41, 5.74) is 0.968. The molecule has 18 heavy (non-hydrogen) atoms. The van der Waals surface area contributed by atoms with Crippen molar-refractivity contribution in [1.29, 1.82) is 0 Å². The van der Waals surface area contributed by atoms with E-state index in [2.05, 4.69) is 21.8 Å². The van der Waals surface area contributed by atoms with E-state index in [-0.39, 0.29) is 6.04 Å². The van der Waals surface area contributed by atoms with Gasteiger partial charge in [0.25, 0.3) is 0 Å². The van der Waals surface area contributed by atoms with Crippen molar-refractivity contribution in [1.82, 2.24) is 15.2 Å². The summed E-state index contributed by atoms with van der Waals surface area (Å²) < 4.78 is 0. The molecule has 0 unspecified atom stereocenters. The first-order chi connectivity index (χ1) is 8.74. The standard InChI is InChI=1S/C13H17Cl2N3/c1-2-3-12(18-6-4-16-5-7-18)13-10(14)8-17-9-11(13)15/h2,8-9,12,16H,1,3-7H2/t12-/m1/s1.